The van der Waals surface area contributed by atoms with E-state index >= 15 is 0 Å². The van der Waals surface area contributed by atoms with Crippen molar-refractivity contribution in [2.45, 2.75) is 0 Å². The van der Waals surface area contributed by atoms with Crippen LogP contribution in [-0.4, -0.2) is 66.0 Å². The minimum absolute atomic E-state index is 0.0565. The van der Waals surface area contributed by atoms with E-state index in [1.54, 1.807) is 6.07 Å². The molecule has 0 unspecified atom stereocenters. The monoisotopic (exact) mass is 386 g/mol. The van der Waals surface area contributed by atoms with Crippen LogP contribution in [0.3, 0.4) is 0 Å². The van der Waals surface area contributed by atoms with Crippen molar-refractivity contribution >= 4 is 33.6 Å². The summed E-state index contributed by atoms with van der Waals surface area (Å²) in [6.07, 6.45) is 1.09. The summed E-state index contributed by atoms with van der Waals surface area (Å²) in [5.74, 6) is -1.77. The zero-order chi connectivity index (χ0) is 20.0. The zero-order valence-corrected chi connectivity index (χ0v) is 15.5. The topological polar surface area (TPSA) is 87.9 Å². The van der Waals surface area contributed by atoms with Crippen molar-refractivity contribution in [1.82, 2.24) is 14.6 Å². The fourth-order valence-electron chi connectivity index (χ4n) is 3.47. The average Bonchev–Trinajstić information content (AvgIpc) is 2.67. The molecule has 1 saturated heterocycles. The van der Waals surface area contributed by atoms with Crippen LogP contribution in [-0.2, 0) is 0 Å². The smallest absolute Gasteiger partial charge is 0.341 e. The Morgan fingerprint density at radius 2 is 1.93 bits per heavy atom. The number of hydrogen-bond acceptors (Lipinski definition) is 6. The third kappa shape index (κ3) is 2.93. The van der Waals surface area contributed by atoms with Gasteiger partial charge in [0.15, 0.2) is 5.65 Å². The number of pyridine rings is 2. The molecule has 1 aliphatic rings. The highest BCUT2D eigenvalue weighted by Crippen LogP contribution is 2.27. The van der Waals surface area contributed by atoms with Crippen molar-refractivity contribution in [2.75, 3.05) is 45.2 Å². The van der Waals surface area contributed by atoms with Gasteiger partial charge in [0.2, 0.25) is 5.43 Å². The molecule has 0 bridgehead atoms. The molecular formula is C19H19FN4O4. The number of halogens is 1. The summed E-state index contributed by atoms with van der Waals surface area (Å²) in [4.78, 5) is 37.6. The highest BCUT2D eigenvalue weighted by molar-refractivity contribution is 5.96. The maximum atomic E-state index is 14.8. The fourth-order valence-corrected chi connectivity index (χ4v) is 3.47. The third-order valence-electron chi connectivity index (χ3n) is 5.08. The van der Waals surface area contributed by atoms with Gasteiger partial charge in [-0.1, -0.05) is 0 Å². The number of anilines is 1. The van der Waals surface area contributed by atoms with E-state index < -0.39 is 22.8 Å². The first-order chi connectivity index (χ1) is 13.4. The van der Waals surface area contributed by atoms with Crippen LogP contribution >= 0.6 is 0 Å². The first-order valence-corrected chi connectivity index (χ1v) is 8.80. The lowest BCUT2D eigenvalue weighted by atomic mass is 10.1. The van der Waals surface area contributed by atoms with Crippen molar-refractivity contribution in [3.63, 3.8) is 0 Å². The number of hydrogen-bond donors (Lipinski definition) is 1. The molecule has 28 heavy (non-hydrogen) atoms. The van der Waals surface area contributed by atoms with Crippen LogP contribution in [0.2, 0.25) is 0 Å². The fraction of sp³-hybridized carbons (Fsp3) is 0.316. The number of nitrogens with zero attached hydrogens (tertiary/aromatic N) is 4. The van der Waals surface area contributed by atoms with Crippen LogP contribution in [0.4, 0.5) is 10.1 Å². The maximum Gasteiger partial charge on any atom is 0.341 e. The minimum Gasteiger partial charge on any atom is -0.477 e. The van der Waals surface area contributed by atoms with Gasteiger partial charge in [-0.15, -0.1) is 0 Å². The van der Waals surface area contributed by atoms with E-state index in [4.69, 9.17) is 4.84 Å². The molecule has 9 heteroatoms. The number of piperazine rings is 1. The second-order valence-corrected chi connectivity index (χ2v) is 6.83. The van der Waals surface area contributed by atoms with Gasteiger partial charge in [-0.25, -0.2) is 14.2 Å². The van der Waals surface area contributed by atoms with E-state index in [9.17, 15) is 19.1 Å². The largest absolute Gasteiger partial charge is 0.477 e. The summed E-state index contributed by atoms with van der Waals surface area (Å²) in [7, 11) is 3.37. The number of carbonyl (C=O) groups is 1. The van der Waals surface area contributed by atoms with Gasteiger partial charge >= 0.3 is 5.97 Å². The molecule has 1 N–H and O–H groups in total. The molecular weight excluding hydrogens is 367 g/mol. The van der Waals surface area contributed by atoms with E-state index in [1.807, 2.05) is 11.9 Å². The molecule has 3 aromatic rings. The average molecular weight is 386 g/mol. The number of carboxylic acid groups (broad SMARTS) is 1. The third-order valence-corrected chi connectivity index (χ3v) is 5.08. The summed E-state index contributed by atoms with van der Waals surface area (Å²) in [6.45, 7) is 3.09. The Kier molecular flexibility index (Phi) is 4.38. The first-order valence-electron chi connectivity index (χ1n) is 8.80. The van der Waals surface area contributed by atoms with Crippen molar-refractivity contribution in [3.05, 3.63) is 46.0 Å². The number of aromatic carboxylic acids is 1. The van der Waals surface area contributed by atoms with Gasteiger partial charge in [0, 0.05) is 31.6 Å². The van der Waals surface area contributed by atoms with Crippen molar-refractivity contribution < 1.29 is 19.1 Å². The van der Waals surface area contributed by atoms with Gasteiger partial charge < -0.3 is 19.7 Å². The van der Waals surface area contributed by atoms with Crippen molar-refractivity contribution in [2.24, 2.45) is 0 Å². The minimum atomic E-state index is -1.37. The normalized spacial score (nSPS) is 15.3. The molecule has 0 amide bonds. The van der Waals surface area contributed by atoms with Crippen LogP contribution in [0.5, 0.6) is 0 Å². The van der Waals surface area contributed by atoms with Crippen LogP contribution in [0.15, 0.2) is 29.2 Å². The second kappa shape index (κ2) is 6.75. The predicted octanol–water partition coefficient (Wildman–Crippen LogP) is 1.20. The number of likely N-dealkylation sites (N-methyl/N-ethyl adjacent to an activating group) is 1. The van der Waals surface area contributed by atoms with Gasteiger partial charge in [-0.2, -0.15) is 4.73 Å². The number of carboxylic acids is 1. The lowest BCUT2D eigenvalue weighted by molar-refractivity contribution is 0.0691. The molecule has 8 nitrogen and oxygen atoms in total. The van der Waals surface area contributed by atoms with E-state index in [2.05, 4.69) is 9.88 Å². The molecule has 0 spiro atoms. The van der Waals surface area contributed by atoms with Gasteiger partial charge in [-0.05, 0) is 25.2 Å². The van der Waals surface area contributed by atoms with Crippen molar-refractivity contribution in [3.8, 4) is 0 Å². The molecule has 1 aromatic carbocycles. The van der Waals surface area contributed by atoms with Gasteiger partial charge in [0.05, 0.1) is 22.8 Å². The Hall–Kier alpha value is -3.20. The Bertz CT molecular complexity index is 1150. The highest BCUT2D eigenvalue weighted by atomic mass is 19.1. The molecule has 1 fully saturated rings. The number of benzene rings is 1. The summed E-state index contributed by atoms with van der Waals surface area (Å²) < 4.78 is 15.9. The molecule has 0 radical (unpaired) electrons. The predicted molar refractivity (Wildman–Crippen MR) is 103 cm³/mol. The lowest BCUT2D eigenvalue weighted by Gasteiger charge is -2.34. The van der Waals surface area contributed by atoms with E-state index in [0.29, 0.717) is 29.7 Å². The van der Waals surface area contributed by atoms with Gasteiger partial charge in [0.1, 0.15) is 18.5 Å². The van der Waals surface area contributed by atoms with E-state index in [1.165, 1.54) is 19.2 Å². The van der Waals surface area contributed by atoms with Gasteiger partial charge in [-0.3, -0.25) is 4.79 Å². The highest BCUT2D eigenvalue weighted by Gasteiger charge is 2.20. The summed E-state index contributed by atoms with van der Waals surface area (Å²) in [6, 6.07) is 4.45. The van der Waals surface area contributed by atoms with E-state index in [0.717, 1.165) is 24.0 Å². The molecule has 4 rings (SSSR count). The second-order valence-electron chi connectivity index (χ2n) is 6.83. The molecule has 2 aromatic heterocycles. The summed E-state index contributed by atoms with van der Waals surface area (Å²) >= 11 is 0. The quantitative estimate of drug-likeness (QED) is 0.677. The number of rotatable bonds is 3. The Morgan fingerprint density at radius 1 is 1.21 bits per heavy atom. The SMILES string of the molecule is COn1cc(C(=O)O)c(=O)c2cc3cc(F)c(N4CCN(C)CC4)cc3nc21. The molecule has 0 saturated carbocycles. The van der Waals surface area contributed by atoms with Crippen LogP contribution in [0.25, 0.3) is 21.9 Å². The van der Waals surface area contributed by atoms with Gasteiger partial charge in [0.25, 0.3) is 0 Å². The molecule has 1 aliphatic heterocycles. The molecule has 3 heterocycles. The zero-order valence-electron chi connectivity index (χ0n) is 15.5. The Labute approximate surface area is 159 Å². The lowest BCUT2D eigenvalue weighted by Crippen LogP contribution is -2.44. The van der Waals surface area contributed by atoms with Crippen LogP contribution in [0, 0.1) is 5.82 Å². The summed E-state index contributed by atoms with van der Waals surface area (Å²) in [5, 5.41) is 9.72. The molecule has 0 atom stereocenters. The van der Waals surface area contributed by atoms with Crippen molar-refractivity contribution in [1.29, 1.82) is 0 Å². The van der Waals surface area contributed by atoms with E-state index in [-0.39, 0.29) is 11.0 Å². The maximum absolute atomic E-state index is 14.8. The van der Waals surface area contributed by atoms with Crippen LogP contribution in [0.1, 0.15) is 10.4 Å². The summed E-state index contributed by atoms with van der Waals surface area (Å²) in [5.41, 5.74) is 0.0109. The Balaban J connectivity index is 1.93. The first kappa shape index (κ1) is 18.2. The number of fused-ring (bicyclic) bond motifs is 2. The molecule has 0 aliphatic carbocycles. The van der Waals surface area contributed by atoms with Crippen LogP contribution < -0.4 is 15.2 Å². The standard InChI is InChI=1S/C19H19FN4O4/c1-22-3-5-23(6-4-22)16-9-15-11(8-14(16)20)7-12-17(25)13(19(26)27)10-24(28-2)18(12)21-15/h7-10H,3-6H2,1-2H3,(H,26,27). The molecule has 146 valence electrons. The Morgan fingerprint density at radius 3 is 2.57 bits per heavy atom. The number of aromatic nitrogens is 2.